The lowest BCUT2D eigenvalue weighted by molar-refractivity contribution is 0.0924. The molecule has 1 heterocycles. The maximum absolute atomic E-state index is 12.7. The molecule has 0 saturated heterocycles. The summed E-state index contributed by atoms with van der Waals surface area (Å²) in [5.41, 5.74) is 2.23. The third-order valence-corrected chi connectivity index (χ3v) is 4.82. The molecule has 0 spiro atoms. The van der Waals surface area contributed by atoms with Crippen LogP contribution in [0, 0.1) is 6.92 Å². The Kier molecular flexibility index (Phi) is 5.60. The van der Waals surface area contributed by atoms with Gasteiger partial charge in [0.1, 0.15) is 5.58 Å². The van der Waals surface area contributed by atoms with E-state index in [0.29, 0.717) is 28.6 Å². The predicted molar refractivity (Wildman–Crippen MR) is 106 cm³/mol. The first-order valence-electron chi connectivity index (χ1n) is 8.24. The molecular weight excluding hydrogens is 414 g/mol. The first-order valence-corrected chi connectivity index (χ1v) is 9.04. The molecule has 1 amide bonds. The van der Waals surface area contributed by atoms with Gasteiger partial charge in [0.05, 0.1) is 21.3 Å². The van der Waals surface area contributed by atoms with E-state index < -0.39 is 0 Å². The van der Waals surface area contributed by atoms with Crippen LogP contribution in [0.1, 0.15) is 21.7 Å². The number of halogens is 1. The van der Waals surface area contributed by atoms with Crippen LogP contribution in [0.4, 0.5) is 0 Å². The van der Waals surface area contributed by atoms with Crippen LogP contribution in [-0.4, -0.2) is 27.2 Å². The van der Waals surface area contributed by atoms with Crippen molar-refractivity contribution in [3.63, 3.8) is 0 Å². The highest BCUT2D eigenvalue weighted by molar-refractivity contribution is 9.10. The number of ether oxygens (including phenoxy) is 3. The number of carbonyl (C=O) groups excluding carboxylic acids is 1. The lowest BCUT2D eigenvalue weighted by Gasteiger charge is -2.16. The molecule has 0 bridgehead atoms. The highest BCUT2D eigenvalue weighted by Crippen LogP contribution is 2.39. The third-order valence-electron chi connectivity index (χ3n) is 4.33. The lowest BCUT2D eigenvalue weighted by Crippen LogP contribution is -2.23. The SMILES string of the molecule is COc1ccc(CNC(=O)c2oc3ccc(Br)cc3c2C)c(OC)c1OC. The van der Waals surface area contributed by atoms with Crippen LogP contribution in [0.2, 0.25) is 0 Å². The van der Waals surface area contributed by atoms with Crippen molar-refractivity contribution < 1.29 is 23.4 Å². The molecule has 0 radical (unpaired) electrons. The molecule has 1 aromatic heterocycles. The molecule has 0 aliphatic rings. The van der Waals surface area contributed by atoms with Gasteiger partial charge in [-0.1, -0.05) is 15.9 Å². The number of hydrogen-bond acceptors (Lipinski definition) is 5. The van der Waals surface area contributed by atoms with Crippen molar-refractivity contribution in [3.05, 3.63) is 51.7 Å². The summed E-state index contributed by atoms with van der Waals surface area (Å²) in [4.78, 5) is 12.7. The zero-order valence-corrected chi connectivity index (χ0v) is 17.1. The molecule has 2 aromatic carbocycles. The summed E-state index contributed by atoms with van der Waals surface area (Å²) in [6.45, 7) is 2.12. The van der Waals surface area contributed by atoms with Crippen LogP contribution in [0.5, 0.6) is 17.2 Å². The number of methoxy groups -OCH3 is 3. The van der Waals surface area contributed by atoms with E-state index in [1.54, 1.807) is 27.4 Å². The second kappa shape index (κ2) is 7.92. The van der Waals surface area contributed by atoms with Crippen molar-refractivity contribution in [2.45, 2.75) is 13.5 Å². The number of furan rings is 1. The van der Waals surface area contributed by atoms with Gasteiger partial charge in [-0.05, 0) is 37.3 Å². The summed E-state index contributed by atoms with van der Waals surface area (Å²) in [6.07, 6.45) is 0. The van der Waals surface area contributed by atoms with Gasteiger partial charge in [0.2, 0.25) is 5.75 Å². The second-order valence-corrected chi connectivity index (χ2v) is 6.79. The minimum Gasteiger partial charge on any atom is -0.493 e. The van der Waals surface area contributed by atoms with Crippen molar-refractivity contribution in [2.24, 2.45) is 0 Å². The Bertz CT molecular complexity index is 996. The second-order valence-electron chi connectivity index (χ2n) is 5.87. The summed E-state index contributed by atoms with van der Waals surface area (Å²) < 4.78 is 22.8. The minimum absolute atomic E-state index is 0.253. The molecule has 142 valence electrons. The van der Waals surface area contributed by atoms with Gasteiger partial charge in [-0.3, -0.25) is 4.79 Å². The van der Waals surface area contributed by atoms with E-state index >= 15 is 0 Å². The predicted octanol–water partition coefficient (Wildman–Crippen LogP) is 4.46. The Labute approximate surface area is 165 Å². The maximum Gasteiger partial charge on any atom is 0.287 e. The van der Waals surface area contributed by atoms with Crippen molar-refractivity contribution in [1.29, 1.82) is 0 Å². The average Bonchev–Trinajstić information content (AvgIpc) is 3.01. The number of carbonyl (C=O) groups is 1. The molecule has 0 unspecified atom stereocenters. The van der Waals surface area contributed by atoms with Crippen LogP contribution >= 0.6 is 15.9 Å². The van der Waals surface area contributed by atoms with Crippen molar-refractivity contribution >= 4 is 32.8 Å². The van der Waals surface area contributed by atoms with Gasteiger partial charge >= 0.3 is 0 Å². The van der Waals surface area contributed by atoms with Crippen molar-refractivity contribution in [2.75, 3.05) is 21.3 Å². The summed E-state index contributed by atoms with van der Waals surface area (Å²) in [7, 11) is 4.64. The average molecular weight is 434 g/mol. The van der Waals surface area contributed by atoms with E-state index in [2.05, 4.69) is 21.2 Å². The smallest absolute Gasteiger partial charge is 0.287 e. The van der Waals surface area contributed by atoms with E-state index in [1.165, 1.54) is 0 Å². The molecule has 3 aromatic rings. The largest absolute Gasteiger partial charge is 0.493 e. The first-order chi connectivity index (χ1) is 13.0. The molecule has 27 heavy (non-hydrogen) atoms. The Morgan fingerprint density at radius 2 is 1.81 bits per heavy atom. The van der Waals surface area contributed by atoms with Gasteiger partial charge in [0.25, 0.3) is 5.91 Å². The van der Waals surface area contributed by atoms with E-state index in [9.17, 15) is 4.79 Å². The van der Waals surface area contributed by atoms with Crippen LogP contribution in [0.3, 0.4) is 0 Å². The fraction of sp³-hybridized carbons (Fsp3) is 0.250. The van der Waals surface area contributed by atoms with Gasteiger partial charge in [-0.15, -0.1) is 0 Å². The Balaban J connectivity index is 1.85. The fourth-order valence-corrected chi connectivity index (χ4v) is 3.33. The van der Waals surface area contributed by atoms with Gasteiger partial charge in [-0.2, -0.15) is 0 Å². The third kappa shape index (κ3) is 3.60. The van der Waals surface area contributed by atoms with E-state index in [-0.39, 0.29) is 12.5 Å². The van der Waals surface area contributed by atoms with Gasteiger partial charge in [0.15, 0.2) is 17.3 Å². The van der Waals surface area contributed by atoms with Crippen LogP contribution in [-0.2, 0) is 6.54 Å². The van der Waals surface area contributed by atoms with Gasteiger partial charge < -0.3 is 23.9 Å². The maximum atomic E-state index is 12.7. The molecule has 0 atom stereocenters. The Morgan fingerprint density at radius 3 is 2.48 bits per heavy atom. The number of fused-ring (bicyclic) bond motifs is 1. The Morgan fingerprint density at radius 1 is 1.07 bits per heavy atom. The summed E-state index contributed by atoms with van der Waals surface area (Å²) in [5.74, 6) is 1.56. The summed E-state index contributed by atoms with van der Waals surface area (Å²) in [5, 5.41) is 3.78. The van der Waals surface area contributed by atoms with Gasteiger partial charge in [-0.25, -0.2) is 0 Å². The number of benzene rings is 2. The van der Waals surface area contributed by atoms with E-state index in [0.717, 1.165) is 21.0 Å². The lowest BCUT2D eigenvalue weighted by atomic mass is 10.1. The van der Waals surface area contributed by atoms with E-state index in [1.807, 2.05) is 31.2 Å². The number of amides is 1. The standard InChI is InChI=1S/C20H20BrNO5/c1-11-14-9-13(21)6-8-15(14)27-17(11)20(23)22-10-12-5-7-16(24-2)19(26-4)18(12)25-3/h5-9H,10H2,1-4H3,(H,22,23). The summed E-state index contributed by atoms with van der Waals surface area (Å²) in [6, 6.07) is 9.24. The molecule has 0 aliphatic carbocycles. The zero-order valence-electron chi connectivity index (χ0n) is 15.5. The normalized spacial score (nSPS) is 10.7. The molecule has 7 heteroatoms. The molecule has 1 N–H and O–H groups in total. The molecule has 0 aliphatic heterocycles. The zero-order chi connectivity index (χ0) is 19.6. The molecule has 0 fully saturated rings. The van der Waals surface area contributed by atoms with Crippen LogP contribution < -0.4 is 19.5 Å². The number of nitrogens with one attached hydrogen (secondary N) is 1. The molecule has 6 nitrogen and oxygen atoms in total. The Hall–Kier alpha value is -2.67. The van der Waals surface area contributed by atoms with Gasteiger partial charge in [0, 0.05) is 27.5 Å². The molecule has 0 saturated carbocycles. The number of hydrogen-bond donors (Lipinski definition) is 1. The monoisotopic (exact) mass is 433 g/mol. The minimum atomic E-state index is -0.295. The number of aryl methyl sites for hydroxylation is 1. The first kappa shape index (κ1) is 19.1. The van der Waals surface area contributed by atoms with E-state index in [4.69, 9.17) is 18.6 Å². The van der Waals surface area contributed by atoms with Crippen LogP contribution in [0.15, 0.2) is 39.2 Å². The van der Waals surface area contributed by atoms with Crippen LogP contribution in [0.25, 0.3) is 11.0 Å². The number of rotatable bonds is 6. The quantitative estimate of drug-likeness (QED) is 0.621. The summed E-state index contributed by atoms with van der Waals surface area (Å²) >= 11 is 3.44. The van der Waals surface area contributed by atoms with Crippen molar-refractivity contribution in [3.8, 4) is 17.2 Å². The fourth-order valence-electron chi connectivity index (χ4n) is 2.97. The molecule has 3 rings (SSSR count). The highest BCUT2D eigenvalue weighted by Gasteiger charge is 2.20. The highest BCUT2D eigenvalue weighted by atomic mass is 79.9. The topological polar surface area (TPSA) is 69.9 Å². The molecular formula is C20H20BrNO5. The van der Waals surface area contributed by atoms with Crippen molar-refractivity contribution in [1.82, 2.24) is 5.32 Å².